The van der Waals surface area contributed by atoms with Gasteiger partial charge < -0.3 is 14.2 Å². The number of carbonyl (C=O) groups is 1. The lowest BCUT2D eigenvalue weighted by atomic mass is 9.81. The van der Waals surface area contributed by atoms with E-state index in [0.29, 0.717) is 11.5 Å². The van der Waals surface area contributed by atoms with Crippen LogP contribution in [0.5, 0.6) is 0 Å². The molecule has 3 rings (SSSR count). The summed E-state index contributed by atoms with van der Waals surface area (Å²) in [6.45, 7) is 5.44. The van der Waals surface area contributed by atoms with Gasteiger partial charge in [0.25, 0.3) is 0 Å². The van der Waals surface area contributed by atoms with Crippen LogP contribution >= 0.6 is 0 Å². The molecule has 1 aliphatic heterocycles. The first-order valence-electron chi connectivity index (χ1n) is 8.19. The second-order valence-electron chi connectivity index (χ2n) is 5.50. The summed E-state index contributed by atoms with van der Waals surface area (Å²) in [5.41, 5.74) is 1.89. The molecule has 1 heterocycles. The van der Waals surface area contributed by atoms with Crippen molar-refractivity contribution in [3.8, 4) is 0 Å². The molecule has 4 nitrogen and oxygen atoms in total. The minimum absolute atomic E-state index is 0.285. The van der Waals surface area contributed by atoms with Crippen molar-refractivity contribution in [1.82, 2.24) is 0 Å². The van der Waals surface area contributed by atoms with E-state index in [9.17, 15) is 4.79 Å². The highest BCUT2D eigenvalue weighted by Crippen LogP contribution is 2.42. The lowest BCUT2D eigenvalue weighted by Crippen LogP contribution is -2.34. The van der Waals surface area contributed by atoms with Gasteiger partial charge >= 0.3 is 5.97 Å². The maximum Gasteiger partial charge on any atom is 0.337 e. The predicted molar refractivity (Wildman–Crippen MR) is 85.0 cm³/mol. The van der Waals surface area contributed by atoms with Crippen molar-refractivity contribution < 1.29 is 19.0 Å². The monoisotopic (exact) mass is 306 g/mol. The van der Waals surface area contributed by atoms with Crippen LogP contribution in [0.1, 0.15) is 61.4 Å². The van der Waals surface area contributed by atoms with Crippen molar-refractivity contribution in [3.05, 3.63) is 35.4 Å². The van der Waals surface area contributed by atoms with Gasteiger partial charge in [-0.15, -0.1) is 0 Å². The fourth-order valence-corrected chi connectivity index (χ4v) is 3.19. The van der Waals surface area contributed by atoms with Crippen molar-refractivity contribution in [2.75, 3.05) is 20.3 Å². The second-order valence-corrected chi connectivity index (χ2v) is 5.50. The first kappa shape index (κ1) is 17.0. The molecule has 0 unspecified atom stereocenters. The van der Waals surface area contributed by atoms with Gasteiger partial charge in [-0.25, -0.2) is 4.79 Å². The lowest BCUT2D eigenvalue weighted by molar-refractivity contribution is -0.178. The van der Waals surface area contributed by atoms with E-state index in [-0.39, 0.29) is 11.8 Å². The molecule has 1 saturated carbocycles. The van der Waals surface area contributed by atoms with E-state index in [1.165, 1.54) is 12.7 Å². The average Bonchev–Trinajstić information content (AvgIpc) is 3.05. The Morgan fingerprint density at radius 1 is 1.09 bits per heavy atom. The number of hydrogen-bond donors (Lipinski definition) is 0. The quantitative estimate of drug-likeness (QED) is 0.777. The molecular formula is C18H26O4. The molecule has 0 aromatic heterocycles. The van der Waals surface area contributed by atoms with Gasteiger partial charge in [0.05, 0.1) is 25.9 Å². The van der Waals surface area contributed by atoms with Crippen molar-refractivity contribution in [1.29, 1.82) is 0 Å². The van der Waals surface area contributed by atoms with E-state index in [1.54, 1.807) is 0 Å². The molecule has 0 amide bonds. The van der Waals surface area contributed by atoms with E-state index in [4.69, 9.17) is 14.2 Å². The minimum atomic E-state index is -0.303. The highest BCUT2D eigenvalue weighted by Gasteiger charge is 2.40. The zero-order valence-corrected chi connectivity index (χ0v) is 13.8. The fourth-order valence-electron chi connectivity index (χ4n) is 3.19. The fraction of sp³-hybridized carbons (Fsp3) is 0.611. The summed E-state index contributed by atoms with van der Waals surface area (Å²) in [6.07, 6.45) is 4.04. The smallest absolute Gasteiger partial charge is 0.337 e. The molecule has 1 saturated heterocycles. The van der Waals surface area contributed by atoms with Gasteiger partial charge in [0.15, 0.2) is 5.79 Å². The molecule has 1 aromatic rings. The molecule has 0 atom stereocenters. The normalized spacial score (nSPS) is 20.3. The van der Waals surface area contributed by atoms with E-state index < -0.39 is 0 Å². The van der Waals surface area contributed by atoms with E-state index in [0.717, 1.165) is 38.9 Å². The molecule has 2 aliphatic rings. The van der Waals surface area contributed by atoms with Gasteiger partial charge in [0.1, 0.15) is 0 Å². The van der Waals surface area contributed by atoms with Gasteiger partial charge in [0.2, 0.25) is 0 Å². The van der Waals surface area contributed by atoms with Crippen LogP contribution in [0.3, 0.4) is 0 Å². The van der Waals surface area contributed by atoms with Crippen LogP contribution in [0.25, 0.3) is 0 Å². The Hall–Kier alpha value is -1.39. The van der Waals surface area contributed by atoms with Crippen LogP contribution in [0, 0.1) is 0 Å². The van der Waals surface area contributed by atoms with E-state index >= 15 is 0 Å². The Balaban J connectivity index is 0.000000847. The van der Waals surface area contributed by atoms with E-state index in [2.05, 4.69) is 0 Å². The Morgan fingerprint density at radius 2 is 1.64 bits per heavy atom. The Labute approximate surface area is 132 Å². The predicted octanol–water partition coefficient (Wildman–Crippen LogP) is 3.90. The maximum atomic E-state index is 11.4. The first-order chi connectivity index (χ1) is 10.7. The maximum absolute atomic E-state index is 11.4. The highest BCUT2D eigenvalue weighted by molar-refractivity contribution is 5.89. The number of carbonyl (C=O) groups excluding carboxylic acids is 1. The Bertz CT molecular complexity index is 464. The Kier molecular flexibility index (Phi) is 5.98. The van der Waals surface area contributed by atoms with Crippen molar-refractivity contribution >= 4 is 5.97 Å². The Morgan fingerprint density at radius 3 is 2.14 bits per heavy atom. The SMILES string of the molecule is CC.COC(=O)c1ccc(C2CCC3(CC2)OCCO3)cc1. The van der Waals surface area contributed by atoms with Gasteiger partial charge in [-0.2, -0.15) is 0 Å². The highest BCUT2D eigenvalue weighted by atomic mass is 16.7. The zero-order valence-electron chi connectivity index (χ0n) is 13.8. The molecule has 1 aliphatic carbocycles. The van der Waals surface area contributed by atoms with Crippen LogP contribution in [-0.4, -0.2) is 32.1 Å². The summed E-state index contributed by atoms with van der Waals surface area (Å²) in [4.78, 5) is 11.4. The van der Waals surface area contributed by atoms with Gasteiger partial charge in [0, 0.05) is 12.8 Å². The van der Waals surface area contributed by atoms with Gasteiger partial charge in [-0.3, -0.25) is 0 Å². The summed E-state index contributed by atoms with van der Waals surface area (Å²) < 4.78 is 16.2. The molecule has 0 N–H and O–H groups in total. The van der Waals surface area contributed by atoms with Crippen LogP contribution in [0.15, 0.2) is 24.3 Å². The third kappa shape index (κ3) is 3.68. The van der Waals surface area contributed by atoms with Crippen LogP contribution in [-0.2, 0) is 14.2 Å². The van der Waals surface area contributed by atoms with Gasteiger partial charge in [-0.1, -0.05) is 26.0 Å². The molecule has 22 heavy (non-hydrogen) atoms. The summed E-state index contributed by atoms with van der Waals surface area (Å²) in [6, 6.07) is 7.75. The number of benzene rings is 1. The van der Waals surface area contributed by atoms with Crippen molar-refractivity contribution in [2.45, 2.75) is 51.2 Å². The molecule has 122 valence electrons. The van der Waals surface area contributed by atoms with Crippen molar-refractivity contribution in [3.63, 3.8) is 0 Å². The summed E-state index contributed by atoms with van der Waals surface area (Å²) in [5, 5.41) is 0. The molecule has 1 aromatic carbocycles. The molecular weight excluding hydrogens is 280 g/mol. The first-order valence-corrected chi connectivity index (χ1v) is 8.19. The summed E-state index contributed by atoms with van der Waals surface area (Å²) >= 11 is 0. The largest absolute Gasteiger partial charge is 0.465 e. The minimum Gasteiger partial charge on any atom is -0.465 e. The second kappa shape index (κ2) is 7.75. The number of rotatable bonds is 2. The molecule has 0 bridgehead atoms. The molecule has 2 fully saturated rings. The number of esters is 1. The topological polar surface area (TPSA) is 44.8 Å². The van der Waals surface area contributed by atoms with Crippen LogP contribution in [0.4, 0.5) is 0 Å². The molecule has 1 spiro atoms. The van der Waals surface area contributed by atoms with Gasteiger partial charge in [-0.05, 0) is 36.5 Å². The average molecular weight is 306 g/mol. The zero-order chi connectivity index (χ0) is 16.0. The summed E-state index contributed by atoms with van der Waals surface area (Å²) in [5.74, 6) is -0.0605. The number of methoxy groups -OCH3 is 1. The lowest BCUT2D eigenvalue weighted by Gasteiger charge is -2.35. The third-order valence-corrected chi connectivity index (χ3v) is 4.36. The van der Waals surface area contributed by atoms with Crippen molar-refractivity contribution in [2.24, 2.45) is 0 Å². The number of hydrogen-bond acceptors (Lipinski definition) is 4. The van der Waals surface area contributed by atoms with E-state index in [1.807, 2.05) is 38.1 Å². The van der Waals surface area contributed by atoms with Crippen LogP contribution < -0.4 is 0 Å². The third-order valence-electron chi connectivity index (χ3n) is 4.36. The number of ether oxygens (including phenoxy) is 3. The molecule has 4 heteroatoms. The summed E-state index contributed by atoms with van der Waals surface area (Å²) in [7, 11) is 1.40. The van der Waals surface area contributed by atoms with Crippen LogP contribution in [0.2, 0.25) is 0 Å². The standard InChI is InChI=1S/C16H20O4.C2H6/c1-18-15(17)14-4-2-12(3-5-14)13-6-8-16(9-7-13)19-10-11-20-16;1-2/h2-5,13H,6-11H2,1H3;1-2H3. The molecule has 0 radical (unpaired) electrons.